The predicted molar refractivity (Wildman–Crippen MR) is 69.1 cm³/mol. The molecule has 3 heteroatoms. The summed E-state index contributed by atoms with van der Waals surface area (Å²) < 4.78 is 1.22. The van der Waals surface area contributed by atoms with E-state index in [4.69, 9.17) is 0 Å². The molecule has 2 rings (SSSR count). The number of thiazole rings is 1. The quantitative estimate of drug-likeness (QED) is 0.886. The maximum atomic E-state index is 9.36. The Labute approximate surface area is 100.0 Å². The van der Waals surface area contributed by atoms with Crippen molar-refractivity contribution in [2.24, 2.45) is 0 Å². The maximum Gasteiger partial charge on any atom is 0.0935 e. The zero-order chi connectivity index (χ0) is 11.8. The van der Waals surface area contributed by atoms with Gasteiger partial charge < -0.3 is 5.11 Å². The summed E-state index contributed by atoms with van der Waals surface area (Å²) in [5.41, 5.74) is 2.07. The molecule has 0 atom stereocenters. The van der Waals surface area contributed by atoms with E-state index in [0.29, 0.717) is 0 Å². The van der Waals surface area contributed by atoms with E-state index in [1.165, 1.54) is 15.3 Å². The second-order valence-corrected chi connectivity index (χ2v) is 5.80. The van der Waals surface area contributed by atoms with Crippen LogP contribution in [0.3, 0.4) is 0 Å². The lowest BCUT2D eigenvalue weighted by atomic mass is 9.86. The summed E-state index contributed by atoms with van der Waals surface area (Å²) in [5.74, 6) is 0. The number of benzene rings is 1. The van der Waals surface area contributed by atoms with Crippen LogP contribution in [0, 0.1) is 0 Å². The topological polar surface area (TPSA) is 33.1 Å². The van der Waals surface area contributed by atoms with Gasteiger partial charge in [-0.05, 0) is 24.1 Å². The summed E-state index contributed by atoms with van der Waals surface area (Å²) in [6, 6.07) is 6.28. The van der Waals surface area contributed by atoms with Crippen LogP contribution in [0.5, 0.6) is 0 Å². The van der Waals surface area contributed by atoms with Crippen molar-refractivity contribution in [1.82, 2.24) is 4.98 Å². The number of hydrogen-bond acceptors (Lipinski definition) is 3. The van der Waals surface area contributed by atoms with E-state index < -0.39 is 0 Å². The molecule has 2 aromatic rings. The summed E-state index contributed by atoms with van der Waals surface area (Å²) in [7, 11) is 0. The van der Waals surface area contributed by atoms with Crippen LogP contribution < -0.4 is 0 Å². The predicted octanol–water partition coefficient (Wildman–Crippen LogP) is 3.13. The molecule has 1 aromatic carbocycles. The molecule has 0 saturated carbocycles. The highest BCUT2D eigenvalue weighted by Gasteiger charge is 2.19. The molecule has 0 unspecified atom stereocenters. The van der Waals surface area contributed by atoms with Crippen molar-refractivity contribution in [3.8, 4) is 0 Å². The van der Waals surface area contributed by atoms with Crippen LogP contribution in [0.2, 0.25) is 0 Å². The Hall–Kier alpha value is -0.930. The number of hydrogen-bond donors (Lipinski definition) is 1. The van der Waals surface area contributed by atoms with Gasteiger partial charge in [0.1, 0.15) is 0 Å². The lowest BCUT2D eigenvalue weighted by molar-refractivity contribution is 0.218. The molecule has 0 saturated heterocycles. The van der Waals surface area contributed by atoms with Gasteiger partial charge in [0, 0.05) is 5.41 Å². The van der Waals surface area contributed by atoms with E-state index >= 15 is 0 Å². The molecule has 86 valence electrons. The van der Waals surface area contributed by atoms with E-state index in [1.807, 2.05) is 0 Å². The van der Waals surface area contributed by atoms with Crippen molar-refractivity contribution in [1.29, 1.82) is 0 Å². The zero-order valence-electron chi connectivity index (χ0n) is 9.95. The highest BCUT2D eigenvalue weighted by atomic mass is 32.1. The third kappa shape index (κ3) is 1.97. The number of fused-ring (bicyclic) bond motifs is 1. The molecule has 0 fully saturated rings. The number of aliphatic hydroxyl groups is 1. The minimum atomic E-state index is -0.176. The van der Waals surface area contributed by atoms with E-state index in [2.05, 4.69) is 44.0 Å². The molecule has 0 aliphatic heterocycles. The van der Waals surface area contributed by atoms with Crippen LogP contribution in [0.25, 0.3) is 10.2 Å². The first kappa shape index (κ1) is 11.6. The van der Waals surface area contributed by atoms with Gasteiger partial charge in [-0.15, -0.1) is 11.3 Å². The third-order valence-corrected chi connectivity index (χ3v) is 4.07. The van der Waals surface area contributed by atoms with Crippen molar-refractivity contribution in [2.75, 3.05) is 6.61 Å². The number of aromatic nitrogens is 1. The minimum absolute atomic E-state index is 0.165. The van der Waals surface area contributed by atoms with Crippen LogP contribution in [-0.4, -0.2) is 16.7 Å². The maximum absolute atomic E-state index is 9.36. The zero-order valence-corrected chi connectivity index (χ0v) is 10.8. The van der Waals surface area contributed by atoms with Gasteiger partial charge in [0.25, 0.3) is 0 Å². The Bertz CT molecular complexity index is 502. The van der Waals surface area contributed by atoms with E-state index in [9.17, 15) is 5.11 Å². The highest BCUT2D eigenvalue weighted by Crippen LogP contribution is 2.29. The molecule has 1 N–H and O–H groups in total. The Morgan fingerprint density at radius 2 is 2.12 bits per heavy atom. The molecule has 0 bridgehead atoms. The molecule has 0 radical (unpaired) electrons. The summed E-state index contributed by atoms with van der Waals surface area (Å²) in [6.45, 7) is 6.39. The molecule has 1 aromatic heterocycles. The highest BCUT2D eigenvalue weighted by molar-refractivity contribution is 7.18. The standard InChI is InChI=1S/C13H17NOS/c1-4-12-14-10-6-5-9(7-11(10)16-12)13(2,3)8-15/h5-7,15H,4,8H2,1-3H3. The molecule has 0 aliphatic carbocycles. The first-order valence-corrected chi connectivity index (χ1v) is 6.39. The Morgan fingerprint density at radius 1 is 1.38 bits per heavy atom. The second kappa shape index (κ2) is 4.15. The molecular weight excluding hydrogens is 218 g/mol. The van der Waals surface area contributed by atoms with E-state index in [1.54, 1.807) is 11.3 Å². The van der Waals surface area contributed by atoms with Crippen LogP contribution >= 0.6 is 11.3 Å². The summed E-state index contributed by atoms with van der Waals surface area (Å²) in [6.07, 6.45) is 0.984. The lowest BCUT2D eigenvalue weighted by Crippen LogP contribution is -2.21. The van der Waals surface area contributed by atoms with Gasteiger partial charge in [-0.25, -0.2) is 4.98 Å². The minimum Gasteiger partial charge on any atom is -0.395 e. The monoisotopic (exact) mass is 235 g/mol. The first-order valence-electron chi connectivity index (χ1n) is 5.57. The number of aliphatic hydroxyl groups excluding tert-OH is 1. The third-order valence-electron chi connectivity index (χ3n) is 2.91. The molecule has 0 aliphatic rings. The average Bonchev–Trinajstić information content (AvgIpc) is 2.70. The lowest BCUT2D eigenvalue weighted by Gasteiger charge is -2.21. The van der Waals surface area contributed by atoms with E-state index in [-0.39, 0.29) is 12.0 Å². The normalized spacial score (nSPS) is 12.2. The summed E-state index contributed by atoms with van der Waals surface area (Å²) in [5, 5.41) is 10.5. The second-order valence-electron chi connectivity index (χ2n) is 4.69. The van der Waals surface area contributed by atoms with Gasteiger partial charge in [-0.3, -0.25) is 0 Å². The van der Waals surface area contributed by atoms with Gasteiger partial charge in [0.15, 0.2) is 0 Å². The molecule has 1 heterocycles. The molecule has 2 nitrogen and oxygen atoms in total. The first-order chi connectivity index (χ1) is 7.56. The molecule has 16 heavy (non-hydrogen) atoms. The van der Waals surface area contributed by atoms with Crippen LogP contribution in [-0.2, 0) is 11.8 Å². The van der Waals surface area contributed by atoms with Crippen LogP contribution in [0.4, 0.5) is 0 Å². The Kier molecular flexibility index (Phi) is 3.00. The number of nitrogens with zero attached hydrogens (tertiary/aromatic N) is 1. The van der Waals surface area contributed by atoms with Crippen molar-refractivity contribution < 1.29 is 5.11 Å². The number of aryl methyl sites for hydroxylation is 1. The van der Waals surface area contributed by atoms with Crippen molar-refractivity contribution in [2.45, 2.75) is 32.6 Å². The van der Waals surface area contributed by atoms with E-state index in [0.717, 1.165) is 11.9 Å². The fourth-order valence-corrected chi connectivity index (χ4v) is 2.58. The smallest absolute Gasteiger partial charge is 0.0935 e. The van der Waals surface area contributed by atoms with Gasteiger partial charge in [-0.2, -0.15) is 0 Å². The average molecular weight is 235 g/mol. The van der Waals surface area contributed by atoms with Crippen molar-refractivity contribution in [3.63, 3.8) is 0 Å². The van der Waals surface area contributed by atoms with Crippen LogP contribution in [0.15, 0.2) is 18.2 Å². The summed E-state index contributed by atoms with van der Waals surface area (Å²) >= 11 is 1.75. The van der Waals surface area contributed by atoms with Crippen molar-refractivity contribution in [3.05, 3.63) is 28.8 Å². The fourth-order valence-electron chi connectivity index (χ4n) is 1.64. The number of rotatable bonds is 3. The Morgan fingerprint density at radius 3 is 2.75 bits per heavy atom. The van der Waals surface area contributed by atoms with Gasteiger partial charge >= 0.3 is 0 Å². The summed E-state index contributed by atoms with van der Waals surface area (Å²) in [4.78, 5) is 4.54. The molecular formula is C13H17NOS. The SMILES string of the molecule is CCc1nc2ccc(C(C)(C)CO)cc2s1. The Balaban J connectivity index is 2.51. The molecule has 0 spiro atoms. The van der Waals surface area contributed by atoms with Gasteiger partial charge in [0.2, 0.25) is 0 Å². The molecule has 0 amide bonds. The van der Waals surface area contributed by atoms with Crippen LogP contribution in [0.1, 0.15) is 31.3 Å². The van der Waals surface area contributed by atoms with Gasteiger partial charge in [0.05, 0.1) is 21.8 Å². The van der Waals surface area contributed by atoms with Gasteiger partial charge in [-0.1, -0.05) is 26.8 Å². The largest absolute Gasteiger partial charge is 0.395 e. The fraction of sp³-hybridized carbons (Fsp3) is 0.462. The van der Waals surface area contributed by atoms with Crippen molar-refractivity contribution >= 4 is 21.6 Å².